The summed E-state index contributed by atoms with van der Waals surface area (Å²) in [4.78, 5) is 0. The van der Waals surface area contributed by atoms with Crippen LogP contribution in [0.1, 0.15) is 0 Å². The van der Waals surface area contributed by atoms with E-state index in [0.29, 0.717) is 0 Å². The van der Waals surface area contributed by atoms with Gasteiger partial charge in [0.25, 0.3) is 0 Å². The van der Waals surface area contributed by atoms with Gasteiger partial charge in [-0.05, 0) is 0 Å². The van der Waals surface area contributed by atoms with E-state index < -0.39 is 0 Å². The Morgan fingerprint density at radius 2 is 0.400 bits per heavy atom. The molecule has 0 heterocycles. The minimum atomic E-state index is 0. The molecule has 0 N–H and O–H groups in total. The van der Waals surface area contributed by atoms with Crippen LogP contribution < -0.4 is 0 Å². The van der Waals surface area contributed by atoms with Crippen LogP contribution in [0.25, 0.3) is 0 Å². The molecule has 0 saturated carbocycles. The summed E-state index contributed by atoms with van der Waals surface area (Å²) in [6, 6.07) is 0. The predicted molar refractivity (Wildman–Crippen MR) is 39.8 cm³/mol. The molecule has 0 aliphatic heterocycles. The minimum absolute atomic E-state index is 0. The van der Waals surface area contributed by atoms with Crippen molar-refractivity contribution < 1.29 is 35.6 Å². The van der Waals surface area contributed by atoms with Crippen molar-refractivity contribution in [3.05, 3.63) is 0 Å². The summed E-state index contributed by atoms with van der Waals surface area (Å²) in [6.45, 7) is 0. The fraction of sp³-hybridized carbons (Fsp3) is 0. The maximum atomic E-state index is 0. The van der Waals surface area contributed by atoms with Crippen LogP contribution in [0.15, 0.2) is 0 Å². The summed E-state index contributed by atoms with van der Waals surface area (Å²) < 4.78 is 0. The summed E-state index contributed by atoms with van der Waals surface area (Å²) in [5, 5.41) is 0. The van der Waals surface area contributed by atoms with Crippen LogP contribution in [0.5, 0.6) is 0 Å². The SMILES string of the molecule is [GaH3].[GaH3].[GaH3].[GaH3].[La]. The van der Waals surface area contributed by atoms with Crippen LogP contribution in [0.4, 0.5) is 0 Å². The second-order valence-electron chi connectivity index (χ2n) is 0. The summed E-state index contributed by atoms with van der Waals surface area (Å²) in [5.74, 6) is 0. The molecule has 0 nitrogen and oxygen atoms in total. The molecule has 0 atom stereocenters. The number of rotatable bonds is 0. The Balaban J connectivity index is 0. The molecule has 5 heavy (non-hydrogen) atoms. The summed E-state index contributed by atoms with van der Waals surface area (Å²) >= 11 is 0. The summed E-state index contributed by atoms with van der Waals surface area (Å²) in [7, 11) is 0. The predicted octanol–water partition coefficient (Wildman–Crippen LogP) is -4.74. The maximum Gasteiger partial charge on any atom is 0 e. The van der Waals surface area contributed by atoms with E-state index in [9.17, 15) is 0 Å². The molecule has 0 unspecified atom stereocenters. The van der Waals surface area contributed by atoms with Crippen LogP contribution in [0.2, 0.25) is 0 Å². The number of hydrogen-bond donors (Lipinski definition) is 0. The van der Waals surface area contributed by atoms with E-state index in [-0.39, 0.29) is 115 Å². The molecule has 0 saturated heterocycles. The van der Waals surface area contributed by atoms with E-state index in [1.165, 1.54) is 0 Å². The standard InChI is InChI=1S/4Ga.La.12H. The van der Waals surface area contributed by atoms with E-state index in [1.807, 2.05) is 0 Å². The van der Waals surface area contributed by atoms with Crippen molar-refractivity contribution in [2.24, 2.45) is 0 Å². The van der Waals surface area contributed by atoms with Gasteiger partial charge in [0.05, 0.1) is 0 Å². The topological polar surface area (TPSA) is 0 Å². The first-order valence-electron chi connectivity index (χ1n) is 0. The van der Waals surface area contributed by atoms with Crippen molar-refractivity contribution in [1.82, 2.24) is 0 Å². The Morgan fingerprint density at radius 3 is 0.400 bits per heavy atom. The van der Waals surface area contributed by atoms with Gasteiger partial charge in [0, 0.05) is 35.6 Å². The molecule has 0 aromatic rings. The van der Waals surface area contributed by atoms with Gasteiger partial charge < -0.3 is 0 Å². The fourth-order valence-corrected chi connectivity index (χ4v) is 0. The molecular formula is H12Ga4La. The molecule has 27 valence electrons. The summed E-state index contributed by atoms with van der Waals surface area (Å²) in [5.41, 5.74) is 0. The summed E-state index contributed by atoms with van der Waals surface area (Å²) in [6.07, 6.45) is 0. The normalized spacial score (nSPS) is 0. The third-order valence-electron chi connectivity index (χ3n) is 0. The van der Waals surface area contributed by atoms with Crippen LogP contribution in [0, 0.1) is 35.6 Å². The first-order chi connectivity index (χ1) is 0. The van der Waals surface area contributed by atoms with E-state index in [0.717, 1.165) is 0 Å². The molecule has 0 rings (SSSR count). The van der Waals surface area contributed by atoms with Gasteiger partial charge in [-0.3, -0.25) is 0 Å². The Hall–Kier alpha value is 3.74. The smallest absolute Gasteiger partial charge is 0 e. The first kappa shape index (κ1) is 37.4. The Labute approximate surface area is 112 Å². The average molecular weight is 430 g/mol. The van der Waals surface area contributed by atoms with Crippen molar-refractivity contribution in [3.63, 3.8) is 0 Å². The quantitative estimate of drug-likeness (QED) is 0.339. The fourth-order valence-electron chi connectivity index (χ4n) is 0. The first-order valence-corrected chi connectivity index (χ1v) is 0. The van der Waals surface area contributed by atoms with Crippen LogP contribution >= 0.6 is 0 Å². The average Bonchev–Trinajstić information content (AvgIpc) is 0. The van der Waals surface area contributed by atoms with Gasteiger partial charge in [-0.2, -0.15) is 0 Å². The Morgan fingerprint density at radius 1 is 0.400 bits per heavy atom. The third-order valence-corrected chi connectivity index (χ3v) is 0. The third kappa shape index (κ3) is 18.2. The van der Waals surface area contributed by atoms with Gasteiger partial charge >= 0.3 is 79.2 Å². The van der Waals surface area contributed by atoms with Crippen molar-refractivity contribution in [1.29, 1.82) is 0 Å². The molecular weight excluding hydrogens is 418 g/mol. The second-order valence-corrected chi connectivity index (χ2v) is 0. The van der Waals surface area contributed by atoms with Crippen molar-refractivity contribution in [2.75, 3.05) is 0 Å². The molecule has 0 aliphatic rings. The van der Waals surface area contributed by atoms with Gasteiger partial charge in [0.1, 0.15) is 0 Å². The molecule has 0 amide bonds. The van der Waals surface area contributed by atoms with Crippen molar-refractivity contribution in [3.8, 4) is 0 Å². The Kier molecular flexibility index (Phi) is 188. The van der Waals surface area contributed by atoms with E-state index in [1.54, 1.807) is 0 Å². The zero-order valence-corrected chi connectivity index (χ0v) is 4.20. The van der Waals surface area contributed by atoms with Crippen molar-refractivity contribution in [2.45, 2.75) is 0 Å². The second kappa shape index (κ2) is 25.1. The minimum Gasteiger partial charge on any atom is 0 e. The van der Waals surface area contributed by atoms with E-state index >= 15 is 0 Å². The molecule has 1 radical (unpaired) electrons. The molecule has 0 aromatic carbocycles. The molecule has 0 bridgehead atoms. The van der Waals surface area contributed by atoms with Crippen molar-refractivity contribution >= 4 is 79.2 Å². The zero-order chi connectivity index (χ0) is 0. The van der Waals surface area contributed by atoms with Gasteiger partial charge in [-0.15, -0.1) is 0 Å². The molecule has 5 heteroatoms. The largest absolute Gasteiger partial charge is 0 e. The monoisotopic (exact) mass is 427 g/mol. The zero-order valence-electron chi connectivity index (χ0n) is 0.577. The van der Waals surface area contributed by atoms with Crippen LogP contribution in [-0.4, -0.2) is 79.2 Å². The molecule has 0 aromatic heterocycles. The van der Waals surface area contributed by atoms with Crippen LogP contribution in [0.3, 0.4) is 0 Å². The molecule has 0 fully saturated rings. The Bertz CT molecular complexity index is 3.61. The van der Waals surface area contributed by atoms with Gasteiger partial charge in [0.2, 0.25) is 0 Å². The van der Waals surface area contributed by atoms with E-state index in [2.05, 4.69) is 0 Å². The molecule has 0 aliphatic carbocycles. The van der Waals surface area contributed by atoms with E-state index in [4.69, 9.17) is 0 Å². The van der Waals surface area contributed by atoms with Gasteiger partial charge in [0.15, 0.2) is 0 Å². The van der Waals surface area contributed by atoms with Gasteiger partial charge in [-0.25, -0.2) is 0 Å². The van der Waals surface area contributed by atoms with Crippen LogP contribution in [-0.2, 0) is 0 Å². The number of hydrogen-bond acceptors (Lipinski definition) is 0. The molecule has 0 spiro atoms. The van der Waals surface area contributed by atoms with Gasteiger partial charge in [-0.1, -0.05) is 0 Å². The maximum absolute atomic E-state index is 0.